The van der Waals surface area contributed by atoms with E-state index < -0.39 is 6.10 Å². The van der Waals surface area contributed by atoms with Gasteiger partial charge in [-0.1, -0.05) is 72.8 Å². The van der Waals surface area contributed by atoms with Crippen LogP contribution < -0.4 is 9.47 Å². The first-order valence-corrected chi connectivity index (χ1v) is 16.8. The molecule has 8 nitrogen and oxygen atoms in total. The summed E-state index contributed by atoms with van der Waals surface area (Å²) in [5, 5.41) is 52.8. The van der Waals surface area contributed by atoms with Crippen LogP contribution in [0.5, 0.6) is 40.2 Å². The first-order chi connectivity index (χ1) is 24.7. The van der Waals surface area contributed by atoms with Crippen LogP contribution in [0.2, 0.25) is 0 Å². The van der Waals surface area contributed by atoms with Crippen molar-refractivity contribution < 1.29 is 39.8 Å². The Morgan fingerprint density at radius 3 is 1.90 bits per heavy atom. The molecule has 1 aliphatic rings. The van der Waals surface area contributed by atoms with E-state index in [1.165, 1.54) is 0 Å². The summed E-state index contributed by atoms with van der Waals surface area (Å²) < 4.78 is 11.9. The Balaban J connectivity index is 1.38. The number of methoxy groups -OCH3 is 1. The highest BCUT2D eigenvalue weighted by molar-refractivity contribution is 6.03. The number of Topliss-reactive ketones (excluding diaryl/α,β-unsaturated/α-hetero) is 1. The summed E-state index contributed by atoms with van der Waals surface area (Å²) in [6.45, 7) is 0. The van der Waals surface area contributed by atoms with Crippen LogP contribution >= 0.6 is 0 Å². The molecule has 5 aromatic carbocycles. The van der Waals surface area contributed by atoms with Gasteiger partial charge in [-0.3, -0.25) is 4.79 Å². The molecule has 0 aromatic heterocycles. The highest BCUT2D eigenvalue weighted by Gasteiger charge is 2.38. The monoisotopic (exact) mass is 684 g/mol. The standard InChI is InChI=1S/C43H40O8/c1-50-35-23-12-29(13-24-35)14-25-38(47)39-41(49)36(7-3-5-28-10-19-33(45)20-11-28)40(48)37-26-31(6-2-4-27-8-17-32(44)18-9-27)42(51-43(37)39)30-15-21-34(46)22-16-30/h2-5,8-13,15-24,31,42,44-46,48-49H,6-7,14,25-26H2,1H3/b4-2+,5-3+. The molecule has 5 N–H and O–H groups in total. The third kappa shape index (κ3) is 8.19. The molecule has 0 saturated carbocycles. The highest BCUT2D eigenvalue weighted by Crippen LogP contribution is 2.51. The van der Waals surface area contributed by atoms with Crippen LogP contribution in [-0.2, 0) is 19.3 Å². The molecule has 51 heavy (non-hydrogen) atoms. The van der Waals surface area contributed by atoms with E-state index in [0.29, 0.717) is 30.6 Å². The Bertz CT molecular complexity index is 2030. The molecule has 0 bridgehead atoms. The number of phenolic OH excluding ortho intramolecular Hbond substituents is 5. The van der Waals surface area contributed by atoms with Gasteiger partial charge in [-0.05, 0) is 96.5 Å². The number of hydrogen-bond donors (Lipinski definition) is 5. The summed E-state index contributed by atoms with van der Waals surface area (Å²) in [6.07, 6.45) is 8.55. The summed E-state index contributed by atoms with van der Waals surface area (Å²) >= 11 is 0. The van der Waals surface area contributed by atoms with Crippen molar-refractivity contribution in [2.24, 2.45) is 5.92 Å². The van der Waals surface area contributed by atoms with E-state index in [9.17, 15) is 30.3 Å². The average molecular weight is 685 g/mol. The molecule has 0 saturated heterocycles. The van der Waals surface area contributed by atoms with Gasteiger partial charge >= 0.3 is 0 Å². The lowest BCUT2D eigenvalue weighted by Gasteiger charge is -2.36. The fourth-order valence-electron chi connectivity index (χ4n) is 6.42. The number of carbonyl (C=O) groups excluding carboxylic acids is 1. The fourth-order valence-corrected chi connectivity index (χ4v) is 6.42. The minimum Gasteiger partial charge on any atom is -0.508 e. The zero-order valence-corrected chi connectivity index (χ0v) is 28.2. The van der Waals surface area contributed by atoms with Gasteiger partial charge in [-0.25, -0.2) is 0 Å². The van der Waals surface area contributed by atoms with Gasteiger partial charge in [0.15, 0.2) is 5.78 Å². The van der Waals surface area contributed by atoms with Gasteiger partial charge in [-0.2, -0.15) is 0 Å². The van der Waals surface area contributed by atoms with Crippen molar-refractivity contribution in [3.8, 4) is 40.2 Å². The average Bonchev–Trinajstić information content (AvgIpc) is 3.14. The first-order valence-electron chi connectivity index (χ1n) is 16.8. The second-order valence-electron chi connectivity index (χ2n) is 12.7. The molecule has 0 spiro atoms. The maximum atomic E-state index is 14.1. The molecule has 6 rings (SSSR count). The molecule has 1 heterocycles. The van der Waals surface area contributed by atoms with Crippen molar-refractivity contribution in [2.45, 2.75) is 38.2 Å². The van der Waals surface area contributed by atoms with Gasteiger partial charge in [0.25, 0.3) is 0 Å². The van der Waals surface area contributed by atoms with E-state index >= 15 is 0 Å². The normalized spacial score (nSPS) is 15.5. The van der Waals surface area contributed by atoms with E-state index in [0.717, 1.165) is 22.3 Å². The minimum atomic E-state index is -0.560. The molecule has 0 aliphatic carbocycles. The minimum absolute atomic E-state index is 0.0335. The topological polar surface area (TPSA) is 137 Å². The zero-order chi connectivity index (χ0) is 35.9. The Kier molecular flexibility index (Phi) is 10.6. The number of allylic oxidation sites excluding steroid dienone is 2. The van der Waals surface area contributed by atoms with Gasteiger partial charge < -0.3 is 35.0 Å². The maximum Gasteiger partial charge on any atom is 0.170 e. The zero-order valence-electron chi connectivity index (χ0n) is 28.2. The molecule has 1 aliphatic heterocycles. The van der Waals surface area contributed by atoms with Crippen LogP contribution in [0.1, 0.15) is 62.7 Å². The predicted octanol–water partition coefficient (Wildman–Crippen LogP) is 8.69. The summed E-state index contributed by atoms with van der Waals surface area (Å²) in [5.41, 5.74) is 4.14. The van der Waals surface area contributed by atoms with Crippen LogP contribution in [0.15, 0.2) is 109 Å². The van der Waals surface area contributed by atoms with E-state index in [4.69, 9.17) is 9.47 Å². The molecule has 8 heteroatoms. The Labute approximate surface area is 296 Å². The number of benzene rings is 5. The van der Waals surface area contributed by atoms with Gasteiger partial charge in [0.2, 0.25) is 0 Å². The number of aromatic hydroxyl groups is 5. The smallest absolute Gasteiger partial charge is 0.170 e. The molecule has 0 radical (unpaired) electrons. The SMILES string of the molecule is COc1ccc(CCC(=O)c2c(O)c(C/C=C/c3ccc(O)cc3)c(O)c3c2OC(c2ccc(O)cc2)C(C/C=C/c2ccc(O)cc2)C3)cc1. The molecule has 5 aromatic rings. The third-order valence-electron chi connectivity index (χ3n) is 9.20. The summed E-state index contributed by atoms with van der Waals surface area (Å²) in [4.78, 5) is 14.1. The molecular weight excluding hydrogens is 644 g/mol. The van der Waals surface area contributed by atoms with Crippen LogP contribution in [0.25, 0.3) is 12.2 Å². The third-order valence-corrected chi connectivity index (χ3v) is 9.20. The number of ketones is 1. The predicted molar refractivity (Wildman–Crippen MR) is 197 cm³/mol. The lowest BCUT2D eigenvalue weighted by atomic mass is 9.81. The second kappa shape index (κ2) is 15.6. The van der Waals surface area contributed by atoms with Crippen molar-refractivity contribution >= 4 is 17.9 Å². The summed E-state index contributed by atoms with van der Waals surface area (Å²) in [6, 6.07) is 27.7. The molecule has 0 amide bonds. The quantitative estimate of drug-likeness (QED) is 0.0824. The van der Waals surface area contributed by atoms with Crippen LogP contribution in [0, 0.1) is 5.92 Å². The van der Waals surface area contributed by atoms with Crippen LogP contribution in [-0.4, -0.2) is 38.4 Å². The van der Waals surface area contributed by atoms with Crippen molar-refractivity contribution in [1.82, 2.24) is 0 Å². The number of carbonyl (C=O) groups is 1. The van der Waals surface area contributed by atoms with E-state index in [1.807, 2.05) is 54.6 Å². The number of rotatable bonds is 12. The van der Waals surface area contributed by atoms with Crippen LogP contribution in [0.3, 0.4) is 0 Å². The largest absolute Gasteiger partial charge is 0.508 e. The molecular formula is C43H40O8. The van der Waals surface area contributed by atoms with Gasteiger partial charge in [0, 0.05) is 23.5 Å². The van der Waals surface area contributed by atoms with Crippen molar-refractivity contribution in [1.29, 1.82) is 0 Å². The maximum absolute atomic E-state index is 14.1. The van der Waals surface area contributed by atoms with Crippen molar-refractivity contribution in [3.05, 3.63) is 148 Å². The van der Waals surface area contributed by atoms with Crippen molar-refractivity contribution in [3.63, 3.8) is 0 Å². The van der Waals surface area contributed by atoms with E-state index in [2.05, 4.69) is 0 Å². The lowest BCUT2D eigenvalue weighted by Crippen LogP contribution is -2.27. The lowest BCUT2D eigenvalue weighted by molar-refractivity contribution is 0.0932. The first kappa shape index (κ1) is 34.7. The number of phenols is 5. The highest BCUT2D eigenvalue weighted by atomic mass is 16.5. The fraction of sp³-hybridized carbons (Fsp3) is 0.186. The van der Waals surface area contributed by atoms with E-state index in [-0.39, 0.29) is 70.2 Å². The number of fused-ring (bicyclic) bond motifs is 1. The molecule has 2 atom stereocenters. The molecule has 2 unspecified atom stereocenters. The number of ether oxygens (including phenoxy) is 2. The molecule has 260 valence electrons. The van der Waals surface area contributed by atoms with Gasteiger partial charge in [-0.15, -0.1) is 0 Å². The van der Waals surface area contributed by atoms with Gasteiger partial charge in [0.1, 0.15) is 51.9 Å². The van der Waals surface area contributed by atoms with E-state index in [1.54, 1.807) is 73.8 Å². The summed E-state index contributed by atoms with van der Waals surface area (Å²) in [5.74, 6) is 0.346. The number of hydrogen-bond acceptors (Lipinski definition) is 8. The second-order valence-corrected chi connectivity index (χ2v) is 12.7. The Morgan fingerprint density at radius 1 is 0.745 bits per heavy atom. The molecule has 0 fully saturated rings. The van der Waals surface area contributed by atoms with Crippen LogP contribution in [0.4, 0.5) is 0 Å². The van der Waals surface area contributed by atoms with Gasteiger partial charge in [0.05, 0.1) is 7.11 Å². The van der Waals surface area contributed by atoms with Crippen molar-refractivity contribution in [2.75, 3.05) is 7.11 Å². The summed E-state index contributed by atoms with van der Waals surface area (Å²) in [7, 11) is 1.59. The Morgan fingerprint density at radius 2 is 1.31 bits per heavy atom. The Hall–Kier alpha value is -6.15. The number of aryl methyl sites for hydroxylation is 1.